The molecule has 5 heteroatoms. The second-order valence-electron chi connectivity index (χ2n) is 4.84. The van der Waals surface area contributed by atoms with E-state index in [2.05, 4.69) is 22.6 Å². The van der Waals surface area contributed by atoms with Crippen molar-refractivity contribution in [1.29, 1.82) is 0 Å². The number of aliphatic hydroxyl groups is 1. The van der Waals surface area contributed by atoms with Gasteiger partial charge in [0.05, 0.1) is 11.7 Å². The molecule has 0 heterocycles. The summed E-state index contributed by atoms with van der Waals surface area (Å²) in [7, 11) is 1.73. The predicted octanol–water partition coefficient (Wildman–Crippen LogP) is 1.84. The number of phenolic OH excluding ortho intramolecular Hbond substituents is 1. The standard InChI is InChI=1S/C13H16INO3/c1-15(7-8-4-10(16)5-8)13(18)11-6-9(14)2-3-12(11)17/h2-3,6,8,10,16-17H,4-5,7H2,1H3. The maximum atomic E-state index is 12.2. The molecule has 1 aromatic rings. The Hall–Kier alpha value is -0.820. The first kappa shape index (κ1) is 13.6. The number of aliphatic hydroxyl groups excluding tert-OH is 1. The minimum absolute atomic E-state index is 0.0147. The highest BCUT2D eigenvalue weighted by molar-refractivity contribution is 14.1. The van der Waals surface area contributed by atoms with Crippen LogP contribution in [-0.2, 0) is 0 Å². The SMILES string of the molecule is CN(CC1CC(O)C1)C(=O)c1cc(I)ccc1O. The molecule has 0 saturated heterocycles. The minimum atomic E-state index is -0.204. The number of carbonyl (C=O) groups excluding carboxylic acids is 1. The zero-order chi connectivity index (χ0) is 13.3. The molecule has 1 fully saturated rings. The Morgan fingerprint density at radius 3 is 2.78 bits per heavy atom. The van der Waals surface area contributed by atoms with Crippen molar-refractivity contribution < 1.29 is 15.0 Å². The van der Waals surface area contributed by atoms with Crippen LogP contribution in [-0.4, -0.2) is 40.7 Å². The Morgan fingerprint density at radius 2 is 2.17 bits per heavy atom. The molecule has 0 aromatic heterocycles. The number of benzene rings is 1. The van der Waals surface area contributed by atoms with Crippen LogP contribution in [0.2, 0.25) is 0 Å². The van der Waals surface area contributed by atoms with Crippen LogP contribution < -0.4 is 0 Å². The van der Waals surface area contributed by atoms with Crippen LogP contribution >= 0.6 is 22.6 Å². The number of nitrogens with zero attached hydrogens (tertiary/aromatic N) is 1. The molecule has 2 rings (SSSR count). The largest absolute Gasteiger partial charge is 0.507 e. The molecule has 0 spiro atoms. The number of halogens is 1. The number of rotatable bonds is 3. The zero-order valence-corrected chi connectivity index (χ0v) is 12.3. The van der Waals surface area contributed by atoms with Crippen molar-refractivity contribution in [3.05, 3.63) is 27.3 Å². The van der Waals surface area contributed by atoms with Crippen LogP contribution in [0.1, 0.15) is 23.2 Å². The number of hydrogen-bond donors (Lipinski definition) is 2. The number of hydrogen-bond acceptors (Lipinski definition) is 3. The van der Waals surface area contributed by atoms with E-state index >= 15 is 0 Å². The molecule has 2 N–H and O–H groups in total. The van der Waals surface area contributed by atoms with Crippen LogP contribution in [0.4, 0.5) is 0 Å². The topological polar surface area (TPSA) is 60.8 Å². The van der Waals surface area contributed by atoms with Crippen LogP contribution in [0.5, 0.6) is 5.75 Å². The van der Waals surface area contributed by atoms with Gasteiger partial charge in [-0.05, 0) is 59.5 Å². The lowest BCUT2D eigenvalue weighted by Gasteiger charge is -2.34. The van der Waals surface area contributed by atoms with Gasteiger partial charge in [-0.15, -0.1) is 0 Å². The molecule has 0 bridgehead atoms. The molecule has 0 unspecified atom stereocenters. The fourth-order valence-electron chi connectivity index (χ4n) is 2.20. The van der Waals surface area contributed by atoms with Gasteiger partial charge in [0.25, 0.3) is 5.91 Å². The van der Waals surface area contributed by atoms with Crippen molar-refractivity contribution in [2.24, 2.45) is 5.92 Å². The average molecular weight is 361 g/mol. The lowest BCUT2D eigenvalue weighted by atomic mass is 9.82. The van der Waals surface area contributed by atoms with Crippen molar-refractivity contribution in [2.75, 3.05) is 13.6 Å². The van der Waals surface area contributed by atoms with E-state index in [4.69, 9.17) is 0 Å². The van der Waals surface area contributed by atoms with Gasteiger partial charge in [-0.25, -0.2) is 0 Å². The van der Waals surface area contributed by atoms with E-state index < -0.39 is 0 Å². The summed E-state index contributed by atoms with van der Waals surface area (Å²) >= 11 is 2.11. The van der Waals surface area contributed by atoms with Gasteiger partial charge in [-0.1, -0.05) is 0 Å². The molecule has 1 aliphatic carbocycles. The monoisotopic (exact) mass is 361 g/mol. The summed E-state index contributed by atoms with van der Waals surface area (Å²) in [6, 6.07) is 4.98. The normalized spacial score (nSPS) is 22.4. The second kappa shape index (κ2) is 5.44. The summed E-state index contributed by atoms with van der Waals surface area (Å²) in [5.74, 6) is 0.215. The molecule has 1 saturated carbocycles. The smallest absolute Gasteiger partial charge is 0.257 e. The molecular weight excluding hydrogens is 345 g/mol. The van der Waals surface area contributed by atoms with Gasteiger partial charge in [0.15, 0.2) is 0 Å². The number of amides is 1. The maximum absolute atomic E-state index is 12.2. The van der Waals surface area contributed by atoms with Crippen molar-refractivity contribution in [3.63, 3.8) is 0 Å². The highest BCUT2D eigenvalue weighted by Crippen LogP contribution is 2.28. The van der Waals surface area contributed by atoms with E-state index in [0.717, 1.165) is 16.4 Å². The minimum Gasteiger partial charge on any atom is -0.507 e. The third-order valence-electron chi connectivity index (χ3n) is 3.28. The predicted molar refractivity (Wildman–Crippen MR) is 76.5 cm³/mol. The summed E-state index contributed by atoms with van der Waals surface area (Å²) in [6.07, 6.45) is 1.32. The third-order valence-corrected chi connectivity index (χ3v) is 3.95. The van der Waals surface area contributed by atoms with Gasteiger partial charge in [-0.3, -0.25) is 4.79 Å². The van der Waals surface area contributed by atoms with Gasteiger partial charge in [-0.2, -0.15) is 0 Å². The molecule has 0 atom stereocenters. The molecule has 98 valence electrons. The first-order valence-corrected chi connectivity index (χ1v) is 6.97. The Kier molecular flexibility index (Phi) is 4.11. The summed E-state index contributed by atoms with van der Waals surface area (Å²) in [5, 5.41) is 18.9. The van der Waals surface area contributed by atoms with Crippen LogP contribution in [0.3, 0.4) is 0 Å². The average Bonchev–Trinajstić information content (AvgIpc) is 2.29. The van der Waals surface area contributed by atoms with Gasteiger partial charge in [0.2, 0.25) is 0 Å². The van der Waals surface area contributed by atoms with E-state index in [1.807, 2.05) is 0 Å². The molecule has 1 aliphatic rings. The molecular formula is C13H16INO3. The van der Waals surface area contributed by atoms with E-state index in [0.29, 0.717) is 18.0 Å². The van der Waals surface area contributed by atoms with Gasteiger partial charge >= 0.3 is 0 Å². The summed E-state index contributed by atoms with van der Waals surface area (Å²) < 4.78 is 0.918. The molecule has 1 amide bonds. The zero-order valence-electron chi connectivity index (χ0n) is 10.1. The van der Waals surface area contributed by atoms with Crippen molar-refractivity contribution in [3.8, 4) is 5.75 Å². The Labute approximate surface area is 120 Å². The van der Waals surface area contributed by atoms with Crippen molar-refractivity contribution in [2.45, 2.75) is 18.9 Å². The van der Waals surface area contributed by atoms with Crippen LogP contribution in [0.15, 0.2) is 18.2 Å². The molecule has 18 heavy (non-hydrogen) atoms. The van der Waals surface area contributed by atoms with Crippen LogP contribution in [0.25, 0.3) is 0 Å². The van der Waals surface area contributed by atoms with Gasteiger partial charge in [0.1, 0.15) is 5.75 Å². The van der Waals surface area contributed by atoms with Gasteiger partial charge < -0.3 is 15.1 Å². The first-order valence-electron chi connectivity index (χ1n) is 5.89. The number of carbonyl (C=O) groups is 1. The molecule has 0 aliphatic heterocycles. The van der Waals surface area contributed by atoms with Crippen molar-refractivity contribution >= 4 is 28.5 Å². The second-order valence-corrected chi connectivity index (χ2v) is 6.08. The number of aromatic hydroxyl groups is 1. The Morgan fingerprint density at radius 1 is 1.50 bits per heavy atom. The Balaban J connectivity index is 2.03. The van der Waals surface area contributed by atoms with Crippen LogP contribution in [0, 0.1) is 9.49 Å². The summed E-state index contributed by atoms with van der Waals surface area (Å²) in [5.41, 5.74) is 0.337. The first-order chi connectivity index (χ1) is 8.47. The fourth-order valence-corrected chi connectivity index (χ4v) is 2.70. The van der Waals surface area contributed by atoms with Gasteiger partial charge in [0, 0.05) is 17.2 Å². The maximum Gasteiger partial charge on any atom is 0.257 e. The van der Waals surface area contributed by atoms with E-state index in [1.165, 1.54) is 6.07 Å². The number of phenols is 1. The summed E-state index contributed by atoms with van der Waals surface area (Å²) in [6.45, 7) is 0.626. The lowest BCUT2D eigenvalue weighted by Crippen LogP contribution is -2.39. The van der Waals surface area contributed by atoms with E-state index in [1.54, 1.807) is 24.1 Å². The van der Waals surface area contributed by atoms with E-state index in [-0.39, 0.29) is 17.8 Å². The fraction of sp³-hybridized carbons (Fsp3) is 0.462. The molecule has 1 aromatic carbocycles. The highest BCUT2D eigenvalue weighted by atomic mass is 127. The Bertz CT molecular complexity index is 458. The molecule has 0 radical (unpaired) electrons. The lowest BCUT2D eigenvalue weighted by molar-refractivity contribution is 0.0264. The summed E-state index contributed by atoms with van der Waals surface area (Å²) in [4.78, 5) is 13.8. The highest BCUT2D eigenvalue weighted by Gasteiger charge is 2.29. The molecule has 4 nitrogen and oxygen atoms in total. The van der Waals surface area contributed by atoms with Crippen molar-refractivity contribution in [1.82, 2.24) is 4.90 Å². The van der Waals surface area contributed by atoms with E-state index in [9.17, 15) is 15.0 Å². The quantitative estimate of drug-likeness (QED) is 0.808. The third kappa shape index (κ3) is 2.95.